The number of anilines is 1. The summed E-state index contributed by atoms with van der Waals surface area (Å²) in [5, 5.41) is 6.28. The average molecular weight is 415 g/mol. The van der Waals surface area contributed by atoms with Gasteiger partial charge in [-0.05, 0) is 60.4 Å². The van der Waals surface area contributed by atoms with E-state index in [0.29, 0.717) is 28.6 Å². The third-order valence-corrected chi connectivity index (χ3v) is 6.63. The van der Waals surface area contributed by atoms with Crippen molar-refractivity contribution in [3.05, 3.63) is 64.3 Å². The summed E-state index contributed by atoms with van der Waals surface area (Å²) in [6, 6.07) is 5.37. The molecule has 1 atom stereocenters. The van der Waals surface area contributed by atoms with Crippen molar-refractivity contribution in [1.29, 1.82) is 0 Å². The van der Waals surface area contributed by atoms with Gasteiger partial charge in [0.25, 0.3) is 11.8 Å². The average Bonchev–Trinajstić information content (AvgIpc) is 3.02. The number of hydrogen-bond acceptors (Lipinski definition) is 3. The van der Waals surface area contributed by atoms with Gasteiger partial charge >= 0.3 is 0 Å². The quantitative estimate of drug-likeness (QED) is 0.660. The van der Waals surface area contributed by atoms with E-state index in [1.54, 1.807) is 6.08 Å². The third kappa shape index (κ3) is 4.75. The van der Waals surface area contributed by atoms with E-state index in [1.807, 2.05) is 0 Å². The van der Waals surface area contributed by atoms with Gasteiger partial charge in [0.05, 0.1) is 5.56 Å². The first-order valence-electron chi connectivity index (χ1n) is 9.81. The smallest absolute Gasteiger partial charge is 0.256 e. The Morgan fingerprint density at radius 3 is 2.55 bits per heavy atom. The number of fused-ring (bicyclic) bond motifs is 1. The van der Waals surface area contributed by atoms with Crippen LogP contribution in [0, 0.1) is 17.2 Å². The molecule has 0 saturated carbocycles. The lowest BCUT2D eigenvalue weighted by atomic mass is 9.72. The summed E-state index contributed by atoms with van der Waals surface area (Å²) in [5.41, 5.74) is 2.12. The molecule has 0 spiro atoms. The molecule has 0 fully saturated rings. The highest BCUT2D eigenvalue weighted by Gasteiger charge is 2.34. The van der Waals surface area contributed by atoms with Crippen molar-refractivity contribution in [1.82, 2.24) is 5.32 Å². The number of carbonyl (C=O) groups is 2. The molecule has 1 unspecified atom stereocenters. The van der Waals surface area contributed by atoms with Crippen molar-refractivity contribution in [3.8, 4) is 0 Å². The van der Waals surface area contributed by atoms with Crippen LogP contribution in [-0.4, -0.2) is 18.4 Å². The highest BCUT2D eigenvalue weighted by Crippen LogP contribution is 2.44. The summed E-state index contributed by atoms with van der Waals surface area (Å²) >= 11 is 1.48. The van der Waals surface area contributed by atoms with E-state index in [4.69, 9.17) is 0 Å². The van der Waals surface area contributed by atoms with Gasteiger partial charge in [-0.2, -0.15) is 0 Å². The van der Waals surface area contributed by atoms with E-state index in [-0.39, 0.29) is 17.2 Å². The first kappa shape index (κ1) is 21.2. The van der Waals surface area contributed by atoms with Gasteiger partial charge in [0.2, 0.25) is 0 Å². The lowest BCUT2D eigenvalue weighted by Crippen LogP contribution is -2.28. The third-order valence-electron chi connectivity index (χ3n) is 5.46. The summed E-state index contributed by atoms with van der Waals surface area (Å²) in [7, 11) is 0. The molecule has 1 heterocycles. The van der Waals surface area contributed by atoms with Crippen LogP contribution >= 0.6 is 11.3 Å². The minimum Gasteiger partial charge on any atom is -0.348 e. The maximum atomic E-state index is 13.2. The molecule has 1 aliphatic carbocycles. The summed E-state index contributed by atoms with van der Waals surface area (Å²) in [5.74, 6) is -0.427. The predicted molar refractivity (Wildman–Crippen MR) is 116 cm³/mol. The molecule has 1 aliphatic rings. The second kappa shape index (κ2) is 8.49. The van der Waals surface area contributed by atoms with E-state index in [2.05, 4.69) is 38.0 Å². The molecule has 0 radical (unpaired) electrons. The standard InChI is InChI=1S/C23H27FN2O2S/c1-5-12-25-21(28)19-17-11-8-15(23(2,3)4)13-18(17)29-22(19)26-20(27)14-6-9-16(24)10-7-14/h5-7,9-10,15H,1,8,11-13H2,2-4H3,(H,25,28)(H,26,27). The zero-order valence-corrected chi connectivity index (χ0v) is 17.9. The first-order chi connectivity index (χ1) is 13.7. The van der Waals surface area contributed by atoms with Crippen LogP contribution in [0.2, 0.25) is 0 Å². The van der Waals surface area contributed by atoms with E-state index < -0.39 is 5.82 Å². The van der Waals surface area contributed by atoms with E-state index in [9.17, 15) is 14.0 Å². The Morgan fingerprint density at radius 2 is 1.93 bits per heavy atom. The van der Waals surface area contributed by atoms with Crippen LogP contribution in [0.4, 0.5) is 9.39 Å². The van der Waals surface area contributed by atoms with E-state index in [0.717, 1.165) is 29.7 Å². The number of amides is 2. The fourth-order valence-corrected chi connectivity index (χ4v) is 5.00. The highest BCUT2D eigenvalue weighted by molar-refractivity contribution is 7.17. The molecular formula is C23H27FN2O2S. The van der Waals surface area contributed by atoms with Gasteiger partial charge in [0, 0.05) is 17.0 Å². The Hall–Kier alpha value is -2.47. The zero-order chi connectivity index (χ0) is 21.2. The molecule has 1 aromatic carbocycles. The molecule has 1 aromatic heterocycles. The maximum Gasteiger partial charge on any atom is 0.256 e. The molecule has 2 aromatic rings. The van der Waals surface area contributed by atoms with Crippen molar-refractivity contribution in [2.45, 2.75) is 40.0 Å². The number of nitrogens with one attached hydrogen (secondary N) is 2. The van der Waals surface area contributed by atoms with Crippen molar-refractivity contribution < 1.29 is 14.0 Å². The zero-order valence-electron chi connectivity index (χ0n) is 17.1. The number of rotatable bonds is 5. The molecule has 2 amide bonds. The van der Waals surface area contributed by atoms with Crippen LogP contribution in [0.1, 0.15) is 58.3 Å². The van der Waals surface area contributed by atoms with Gasteiger partial charge in [-0.15, -0.1) is 17.9 Å². The van der Waals surface area contributed by atoms with Crippen molar-refractivity contribution in [2.75, 3.05) is 11.9 Å². The Kier molecular flexibility index (Phi) is 6.22. The van der Waals surface area contributed by atoms with Crippen LogP contribution in [0.25, 0.3) is 0 Å². The van der Waals surface area contributed by atoms with Gasteiger partial charge in [-0.25, -0.2) is 4.39 Å². The van der Waals surface area contributed by atoms with E-state index >= 15 is 0 Å². The maximum absolute atomic E-state index is 13.2. The minimum absolute atomic E-state index is 0.185. The molecule has 6 heteroatoms. The molecule has 3 rings (SSSR count). The lowest BCUT2D eigenvalue weighted by Gasteiger charge is -2.33. The Bertz CT molecular complexity index is 926. The Labute approximate surface area is 175 Å². The number of thiophene rings is 1. The van der Waals surface area contributed by atoms with Crippen LogP contribution < -0.4 is 10.6 Å². The number of hydrogen-bond donors (Lipinski definition) is 2. The summed E-state index contributed by atoms with van der Waals surface area (Å²) in [4.78, 5) is 26.7. The Balaban J connectivity index is 1.93. The van der Waals surface area contributed by atoms with Crippen LogP contribution in [0.3, 0.4) is 0 Å². The SMILES string of the molecule is C=CCNC(=O)c1c(NC(=O)c2ccc(F)cc2)sc2c1CCC(C(C)(C)C)C2. The molecule has 0 aliphatic heterocycles. The molecule has 2 N–H and O–H groups in total. The molecule has 0 bridgehead atoms. The van der Waals surface area contributed by atoms with Gasteiger partial charge < -0.3 is 10.6 Å². The van der Waals surface area contributed by atoms with Gasteiger partial charge in [0.1, 0.15) is 10.8 Å². The Morgan fingerprint density at radius 1 is 1.24 bits per heavy atom. The van der Waals surface area contributed by atoms with Gasteiger partial charge in [0.15, 0.2) is 0 Å². The van der Waals surface area contributed by atoms with Crippen molar-refractivity contribution in [2.24, 2.45) is 11.3 Å². The second-order valence-corrected chi connectivity index (χ2v) is 9.58. The lowest BCUT2D eigenvalue weighted by molar-refractivity contribution is 0.0957. The van der Waals surface area contributed by atoms with E-state index in [1.165, 1.54) is 35.6 Å². The fraction of sp³-hybridized carbons (Fsp3) is 0.391. The van der Waals surface area contributed by atoms with Crippen LogP contribution in [-0.2, 0) is 12.8 Å². The fourth-order valence-electron chi connectivity index (χ4n) is 3.68. The molecule has 0 saturated heterocycles. The summed E-state index contributed by atoms with van der Waals surface area (Å²) in [6.07, 6.45) is 4.36. The predicted octanol–water partition coefficient (Wildman–Crippen LogP) is 5.21. The molecule has 4 nitrogen and oxygen atoms in total. The van der Waals surface area contributed by atoms with Crippen molar-refractivity contribution in [3.63, 3.8) is 0 Å². The largest absolute Gasteiger partial charge is 0.348 e. The van der Waals surface area contributed by atoms with Gasteiger partial charge in [-0.3, -0.25) is 9.59 Å². The summed E-state index contributed by atoms with van der Waals surface area (Å²) < 4.78 is 13.2. The highest BCUT2D eigenvalue weighted by atomic mass is 32.1. The minimum atomic E-state index is -0.397. The van der Waals surface area contributed by atoms with Gasteiger partial charge in [-0.1, -0.05) is 26.8 Å². The number of halogens is 1. The molecular weight excluding hydrogens is 387 g/mol. The van der Waals surface area contributed by atoms with Crippen LogP contribution in [0.5, 0.6) is 0 Å². The molecule has 29 heavy (non-hydrogen) atoms. The van der Waals surface area contributed by atoms with Crippen LogP contribution in [0.15, 0.2) is 36.9 Å². The number of benzene rings is 1. The van der Waals surface area contributed by atoms with Crippen molar-refractivity contribution >= 4 is 28.2 Å². The molecule has 154 valence electrons. The normalized spacial score (nSPS) is 16.1. The second-order valence-electron chi connectivity index (χ2n) is 8.47. The monoisotopic (exact) mass is 414 g/mol. The first-order valence-corrected chi connectivity index (χ1v) is 10.6. The summed E-state index contributed by atoms with van der Waals surface area (Å²) in [6.45, 7) is 10.7. The topological polar surface area (TPSA) is 58.2 Å². The number of carbonyl (C=O) groups excluding carboxylic acids is 2.